The van der Waals surface area contributed by atoms with Gasteiger partial charge in [-0.2, -0.15) is 0 Å². The average Bonchev–Trinajstić information content (AvgIpc) is 3.09. The molecule has 0 radical (unpaired) electrons. The summed E-state index contributed by atoms with van der Waals surface area (Å²) in [7, 11) is 0. The van der Waals surface area contributed by atoms with Gasteiger partial charge in [-0.05, 0) is 41.0 Å². The number of benzene rings is 2. The van der Waals surface area contributed by atoms with E-state index in [1.54, 1.807) is 0 Å². The van der Waals surface area contributed by atoms with Crippen molar-refractivity contribution in [2.75, 3.05) is 13.2 Å². The molecular weight excluding hydrogens is 420 g/mol. The van der Waals surface area contributed by atoms with Crippen LogP contribution in [0.25, 0.3) is 11.1 Å². The quantitative estimate of drug-likeness (QED) is 0.474. The number of rotatable bonds is 10. The normalized spacial score (nSPS) is 15.6. The second kappa shape index (κ2) is 10.5. The van der Waals surface area contributed by atoms with E-state index in [-0.39, 0.29) is 12.5 Å². The minimum Gasteiger partial charge on any atom is -0.481 e. The van der Waals surface area contributed by atoms with Crippen LogP contribution in [0.4, 0.5) is 4.79 Å². The molecule has 0 heterocycles. The summed E-state index contributed by atoms with van der Waals surface area (Å²) >= 11 is 0. The Labute approximate surface area is 193 Å². The minimum absolute atomic E-state index is 0.0999. The third-order valence-corrected chi connectivity index (χ3v) is 6.64. The van der Waals surface area contributed by atoms with Crippen molar-refractivity contribution in [2.24, 2.45) is 5.92 Å². The number of carboxylic acids is 1. The molecule has 0 aliphatic heterocycles. The van der Waals surface area contributed by atoms with E-state index in [1.807, 2.05) is 48.5 Å². The van der Waals surface area contributed by atoms with E-state index >= 15 is 0 Å². The van der Waals surface area contributed by atoms with E-state index in [1.165, 1.54) is 19.3 Å². The standard InChI is InChI=1S/C26H30N2O5/c29-24(30)15-23(25(31)27-14-6-9-17-7-5-8-17)28-26(32)33-16-22-20-12-3-1-10-18(20)19-11-2-4-13-21(19)22/h1-4,10-13,17,22-23H,5-9,14-16H2,(H,27,31)(H,28,32)(H,29,30). The van der Waals surface area contributed by atoms with Crippen molar-refractivity contribution < 1.29 is 24.2 Å². The van der Waals surface area contributed by atoms with Gasteiger partial charge >= 0.3 is 12.1 Å². The molecule has 2 aromatic rings. The summed E-state index contributed by atoms with van der Waals surface area (Å²) in [6, 6.07) is 14.8. The molecule has 3 N–H and O–H groups in total. The van der Waals surface area contributed by atoms with Crippen molar-refractivity contribution >= 4 is 18.0 Å². The monoisotopic (exact) mass is 450 g/mol. The number of carbonyl (C=O) groups excluding carboxylic acids is 2. The lowest BCUT2D eigenvalue weighted by Crippen LogP contribution is -2.48. The van der Waals surface area contributed by atoms with Crippen molar-refractivity contribution in [3.63, 3.8) is 0 Å². The molecule has 0 aromatic heterocycles. The summed E-state index contributed by atoms with van der Waals surface area (Å²) < 4.78 is 5.46. The number of nitrogens with one attached hydrogen (secondary N) is 2. The Morgan fingerprint density at radius 1 is 1.00 bits per heavy atom. The van der Waals surface area contributed by atoms with Crippen LogP contribution in [0.5, 0.6) is 0 Å². The number of ether oxygens (including phenoxy) is 1. The highest BCUT2D eigenvalue weighted by molar-refractivity contribution is 5.89. The molecule has 2 amide bonds. The van der Waals surface area contributed by atoms with Gasteiger partial charge in [0.25, 0.3) is 0 Å². The molecule has 2 aromatic carbocycles. The van der Waals surface area contributed by atoms with Crippen LogP contribution in [0.15, 0.2) is 48.5 Å². The SMILES string of the molecule is O=C(O)CC(NC(=O)OCC1c2ccccc2-c2ccccc21)C(=O)NCCCC1CCC1. The van der Waals surface area contributed by atoms with Crippen LogP contribution in [0.1, 0.15) is 55.6 Å². The van der Waals surface area contributed by atoms with Crippen molar-refractivity contribution in [3.05, 3.63) is 59.7 Å². The molecule has 1 unspecified atom stereocenters. The maximum absolute atomic E-state index is 12.5. The first-order valence-corrected chi connectivity index (χ1v) is 11.6. The zero-order valence-corrected chi connectivity index (χ0v) is 18.6. The predicted molar refractivity (Wildman–Crippen MR) is 124 cm³/mol. The number of fused-ring (bicyclic) bond motifs is 3. The molecule has 33 heavy (non-hydrogen) atoms. The Hall–Kier alpha value is -3.35. The van der Waals surface area contributed by atoms with Gasteiger partial charge in [0.15, 0.2) is 0 Å². The van der Waals surface area contributed by atoms with Crippen LogP contribution in [-0.4, -0.2) is 42.3 Å². The van der Waals surface area contributed by atoms with Gasteiger partial charge in [-0.15, -0.1) is 0 Å². The summed E-state index contributed by atoms with van der Waals surface area (Å²) in [4.78, 5) is 36.2. The Morgan fingerprint density at radius 3 is 2.21 bits per heavy atom. The third-order valence-electron chi connectivity index (χ3n) is 6.64. The molecule has 0 saturated heterocycles. The summed E-state index contributed by atoms with van der Waals surface area (Å²) in [5.74, 6) is -1.03. The summed E-state index contributed by atoms with van der Waals surface area (Å²) in [5, 5.41) is 14.4. The lowest BCUT2D eigenvalue weighted by atomic mass is 9.82. The highest BCUT2D eigenvalue weighted by atomic mass is 16.5. The van der Waals surface area contributed by atoms with Gasteiger partial charge in [-0.3, -0.25) is 9.59 Å². The molecule has 2 aliphatic rings. The molecule has 0 spiro atoms. The van der Waals surface area contributed by atoms with Crippen LogP contribution in [-0.2, 0) is 14.3 Å². The molecule has 4 rings (SSSR count). The number of carboxylic acid groups (broad SMARTS) is 1. The first-order chi connectivity index (χ1) is 16.0. The Morgan fingerprint density at radius 2 is 1.64 bits per heavy atom. The smallest absolute Gasteiger partial charge is 0.407 e. The van der Waals surface area contributed by atoms with Gasteiger partial charge in [-0.1, -0.05) is 67.8 Å². The molecule has 7 heteroatoms. The Kier molecular flexibility index (Phi) is 7.27. The zero-order valence-electron chi connectivity index (χ0n) is 18.6. The number of amides is 2. The number of carbonyl (C=O) groups is 3. The molecule has 1 fully saturated rings. The van der Waals surface area contributed by atoms with Gasteiger partial charge in [-0.25, -0.2) is 4.79 Å². The second-order valence-electron chi connectivity index (χ2n) is 8.85. The van der Waals surface area contributed by atoms with Crippen LogP contribution >= 0.6 is 0 Å². The fourth-order valence-electron chi connectivity index (χ4n) is 4.67. The van der Waals surface area contributed by atoms with E-state index in [0.717, 1.165) is 41.0 Å². The van der Waals surface area contributed by atoms with Crippen LogP contribution in [0, 0.1) is 5.92 Å². The van der Waals surface area contributed by atoms with E-state index in [4.69, 9.17) is 4.74 Å². The first kappa shape index (κ1) is 22.8. The van der Waals surface area contributed by atoms with Crippen LogP contribution in [0.3, 0.4) is 0 Å². The molecule has 2 aliphatic carbocycles. The molecule has 0 bridgehead atoms. The topological polar surface area (TPSA) is 105 Å². The van der Waals surface area contributed by atoms with E-state index in [9.17, 15) is 19.5 Å². The van der Waals surface area contributed by atoms with E-state index in [2.05, 4.69) is 10.6 Å². The molecule has 1 atom stereocenters. The predicted octanol–water partition coefficient (Wildman–Crippen LogP) is 4.06. The van der Waals surface area contributed by atoms with Gasteiger partial charge in [0.1, 0.15) is 12.6 Å². The van der Waals surface area contributed by atoms with E-state index in [0.29, 0.717) is 6.54 Å². The molecular formula is C26H30N2O5. The third kappa shape index (κ3) is 5.53. The lowest BCUT2D eigenvalue weighted by molar-refractivity contribution is -0.139. The van der Waals surface area contributed by atoms with Crippen molar-refractivity contribution in [2.45, 2.75) is 50.5 Å². The minimum atomic E-state index is -1.18. The lowest BCUT2D eigenvalue weighted by Gasteiger charge is -2.25. The van der Waals surface area contributed by atoms with Gasteiger partial charge in [0.2, 0.25) is 5.91 Å². The number of hydrogen-bond acceptors (Lipinski definition) is 4. The summed E-state index contributed by atoms with van der Waals surface area (Å²) in [5.41, 5.74) is 4.40. The van der Waals surface area contributed by atoms with Crippen molar-refractivity contribution in [1.29, 1.82) is 0 Å². The molecule has 7 nitrogen and oxygen atoms in total. The van der Waals surface area contributed by atoms with Gasteiger partial charge in [0, 0.05) is 12.5 Å². The Bertz CT molecular complexity index is 972. The van der Waals surface area contributed by atoms with Gasteiger partial charge in [0.05, 0.1) is 6.42 Å². The number of hydrogen-bond donors (Lipinski definition) is 3. The van der Waals surface area contributed by atoms with Crippen molar-refractivity contribution in [3.8, 4) is 11.1 Å². The summed E-state index contributed by atoms with van der Waals surface area (Å²) in [6.07, 6.45) is 4.39. The second-order valence-corrected chi connectivity index (χ2v) is 8.85. The molecule has 174 valence electrons. The van der Waals surface area contributed by atoms with Crippen LogP contribution < -0.4 is 10.6 Å². The Balaban J connectivity index is 1.32. The number of aliphatic carboxylic acids is 1. The fraction of sp³-hybridized carbons (Fsp3) is 0.423. The first-order valence-electron chi connectivity index (χ1n) is 11.6. The zero-order chi connectivity index (χ0) is 23.2. The van der Waals surface area contributed by atoms with Gasteiger partial charge < -0.3 is 20.5 Å². The highest BCUT2D eigenvalue weighted by Crippen LogP contribution is 2.44. The maximum atomic E-state index is 12.5. The highest BCUT2D eigenvalue weighted by Gasteiger charge is 2.30. The van der Waals surface area contributed by atoms with Crippen LogP contribution in [0.2, 0.25) is 0 Å². The largest absolute Gasteiger partial charge is 0.481 e. The fourth-order valence-corrected chi connectivity index (χ4v) is 4.67. The maximum Gasteiger partial charge on any atom is 0.407 e. The van der Waals surface area contributed by atoms with Crippen molar-refractivity contribution in [1.82, 2.24) is 10.6 Å². The number of alkyl carbamates (subject to hydrolysis) is 1. The average molecular weight is 451 g/mol. The van der Waals surface area contributed by atoms with E-state index < -0.39 is 30.4 Å². The molecule has 1 saturated carbocycles. The summed E-state index contributed by atoms with van der Waals surface area (Å²) in [6.45, 7) is 0.570.